The summed E-state index contributed by atoms with van der Waals surface area (Å²) in [7, 11) is 0. The third-order valence-corrected chi connectivity index (χ3v) is 4.76. The van der Waals surface area contributed by atoms with Crippen molar-refractivity contribution in [1.29, 1.82) is 0 Å². The highest BCUT2D eigenvalue weighted by Crippen LogP contribution is 2.23. The van der Waals surface area contributed by atoms with Crippen molar-refractivity contribution in [3.63, 3.8) is 0 Å². The highest BCUT2D eigenvalue weighted by atomic mass is 35.5. The number of carbonyl (C=O) groups is 1. The molecule has 1 N–H and O–H groups in total. The lowest BCUT2D eigenvalue weighted by Crippen LogP contribution is -2.38. The fraction of sp³-hybridized carbons (Fsp3) is 0.278. The molecule has 3 aromatic heterocycles. The van der Waals surface area contributed by atoms with E-state index in [1.165, 1.54) is 0 Å². The van der Waals surface area contributed by atoms with E-state index in [0.29, 0.717) is 16.7 Å². The summed E-state index contributed by atoms with van der Waals surface area (Å²) in [6.07, 6.45) is 6.68. The largest absolute Gasteiger partial charge is 0.355 e. The zero-order valence-electron chi connectivity index (χ0n) is 14.5. The summed E-state index contributed by atoms with van der Waals surface area (Å²) in [5.74, 6) is 1.48. The minimum Gasteiger partial charge on any atom is -0.355 e. The third kappa shape index (κ3) is 4.06. The van der Waals surface area contributed by atoms with E-state index in [9.17, 15) is 4.79 Å². The molecule has 3 aromatic rings. The predicted octanol–water partition coefficient (Wildman–Crippen LogP) is 2.57. The number of nitrogens with one attached hydrogen (secondary N) is 1. The second kappa shape index (κ2) is 7.71. The number of rotatable bonds is 4. The van der Waals surface area contributed by atoms with Crippen LogP contribution >= 0.6 is 11.6 Å². The molecular formula is C18H18ClN7O. The second-order valence-electron chi connectivity index (χ2n) is 6.32. The van der Waals surface area contributed by atoms with Crippen LogP contribution in [0.1, 0.15) is 12.8 Å². The molecule has 9 heteroatoms. The molecule has 8 nitrogen and oxygen atoms in total. The number of anilines is 2. The van der Waals surface area contributed by atoms with Crippen LogP contribution in [0.3, 0.4) is 0 Å². The van der Waals surface area contributed by atoms with E-state index in [1.807, 2.05) is 30.5 Å². The van der Waals surface area contributed by atoms with Gasteiger partial charge in [0.05, 0.1) is 11.9 Å². The minimum atomic E-state index is -0.0349. The zero-order valence-corrected chi connectivity index (χ0v) is 15.3. The summed E-state index contributed by atoms with van der Waals surface area (Å²) >= 11 is 5.78. The number of halogens is 1. The van der Waals surface area contributed by atoms with Crippen molar-refractivity contribution in [3.8, 4) is 5.82 Å². The maximum atomic E-state index is 12.5. The van der Waals surface area contributed by atoms with E-state index in [2.05, 4.69) is 30.5 Å². The standard InChI is InChI=1S/C18H18ClN7O/c19-15-3-5-17(24-23-15)25-10-6-13(7-11-25)18(27)22-14-2-4-16(20-12-14)26-9-1-8-21-26/h1-5,8-9,12-13H,6-7,10-11H2,(H,22,27). The van der Waals surface area contributed by atoms with Gasteiger partial charge in [0.25, 0.3) is 0 Å². The summed E-state index contributed by atoms with van der Waals surface area (Å²) in [5.41, 5.74) is 0.682. The molecule has 138 valence electrons. The number of aromatic nitrogens is 5. The Labute approximate surface area is 161 Å². The first-order valence-electron chi connectivity index (χ1n) is 8.70. The summed E-state index contributed by atoms with van der Waals surface area (Å²) < 4.78 is 1.67. The molecule has 1 fully saturated rings. The molecule has 0 aliphatic carbocycles. The summed E-state index contributed by atoms with van der Waals surface area (Å²) in [4.78, 5) is 19.0. The molecule has 1 aliphatic heterocycles. The Hall–Kier alpha value is -3.00. The van der Waals surface area contributed by atoms with Crippen LogP contribution in [0.25, 0.3) is 5.82 Å². The molecule has 1 aliphatic rings. The molecule has 1 amide bonds. The van der Waals surface area contributed by atoms with Gasteiger partial charge in [-0.3, -0.25) is 4.79 Å². The van der Waals surface area contributed by atoms with Crippen molar-refractivity contribution >= 4 is 29.0 Å². The number of amides is 1. The number of hydrogen-bond donors (Lipinski definition) is 1. The number of pyridine rings is 1. The van der Waals surface area contributed by atoms with Crippen LogP contribution < -0.4 is 10.2 Å². The molecule has 1 saturated heterocycles. The van der Waals surface area contributed by atoms with Gasteiger partial charge in [-0.05, 0) is 43.2 Å². The molecule has 0 unspecified atom stereocenters. The fourth-order valence-electron chi connectivity index (χ4n) is 3.09. The number of piperidine rings is 1. The zero-order chi connectivity index (χ0) is 18.6. The van der Waals surface area contributed by atoms with Gasteiger partial charge in [0, 0.05) is 31.4 Å². The van der Waals surface area contributed by atoms with Gasteiger partial charge in [-0.15, -0.1) is 10.2 Å². The van der Waals surface area contributed by atoms with Gasteiger partial charge in [0.2, 0.25) is 5.91 Å². The maximum absolute atomic E-state index is 12.5. The van der Waals surface area contributed by atoms with Crippen molar-refractivity contribution in [3.05, 3.63) is 54.1 Å². The van der Waals surface area contributed by atoms with Crippen LogP contribution in [0.15, 0.2) is 48.9 Å². The lowest BCUT2D eigenvalue weighted by Gasteiger charge is -2.31. The Kier molecular flexibility index (Phi) is 4.97. The highest BCUT2D eigenvalue weighted by molar-refractivity contribution is 6.29. The van der Waals surface area contributed by atoms with E-state index < -0.39 is 0 Å². The topological polar surface area (TPSA) is 88.8 Å². The van der Waals surface area contributed by atoms with Crippen LogP contribution in [-0.4, -0.2) is 44.0 Å². The van der Waals surface area contributed by atoms with Crippen LogP contribution in [0.5, 0.6) is 0 Å². The third-order valence-electron chi connectivity index (χ3n) is 4.56. The van der Waals surface area contributed by atoms with Crippen molar-refractivity contribution in [2.75, 3.05) is 23.3 Å². The van der Waals surface area contributed by atoms with E-state index in [-0.39, 0.29) is 11.8 Å². The Bertz CT molecular complexity index is 888. The lowest BCUT2D eigenvalue weighted by atomic mass is 9.96. The number of nitrogens with zero attached hydrogens (tertiary/aromatic N) is 6. The molecule has 0 atom stereocenters. The molecular weight excluding hydrogens is 366 g/mol. The van der Waals surface area contributed by atoms with Crippen LogP contribution in [0.4, 0.5) is 11.5 Å². The molecule has 4 rings (SSSR count). The Morgan fingerprint density at radius 2 is 1.93 bits per heavy atom. The van der Waals surface area contributed by atoms with Crippen LogP contribution in [0, 0.1) is 5.92 Å². The fourth-order valence-corrected chi connectivity index (χ4v) is 3.19. The van der Waals surface area contributed by atoms with E-state index in [1.54, 1.807) is 23.1 Å². The molecule has 0 spiro atoms. The normalized spacial score (nSPS) is 14.9. The smallest absolute Gasteiger partial charge is 0.227 e. The SMILES string of the molecule is O=C(Nc1ccc(-n2cccn2)nc1)C1CCN(c2ccc(Cl)nn2)CC1. The van der Waals surface area contributed by atoms with Gasteiger partial charge < -0.3 is 10.2 Å². The van der Waals surface area contributed by atoms with Crippen molar-refractivity contribution in [1.82, 2.24) is 25.0 Å². The number of hydrogen-bond acceptors (Lipinski definition) is 6. The maximum Gasteiger partial charge on any atom is 0.227 e. The molecule has 0 bridgehead atoms. The molecule has 27 heavy (non-hydrogen) atoms. The van der Waals surface area contributed by atoms with Gasteiger partial charge in [0.1, 0.15) is 0 Å². The lowest BCUT2D eigenvalue weighted by molar-refractivity contribution is -0.120. The molecule has 0 saturated carbocycles. The average molecular weight is 384 g/mol. The van der Waals surface area contributed by atoms with E-state index >= 15 is 0 Å². The van der Waals surface area contributed by atoms with Crippen LogP contribution in [-0.2, 0) is 4.79 Å². The summed E-state index contributed by atoms with van der Waals surface area (Å²) in [6, 6.07) is 9.06. The van der Waals surface area contributed by atoms with Crippen molar-refractivity contribution in [2.45, 2.75) is 12.8 Å². The van der Waals surface area contributed by atoms with Gasteiger partial charge in [-0.2, -0.15) is 5.10 Å². The summed E-state index contributed by atoms with van der Waals surface area (Å²) in [6.45, 7) is 1.51. The van der Waals surface area contributed by atoms with E-state index in [4.69, 9.17) is 11.6 Å². The highest BCUT2D eigenvalue weighted by Gasteiger charge is 2.26. The first kappa shape index (κ1) is 17.4. The summed E-state index contributed by atoms with van der Waals surface area (Å²) in [5, 5.41) is 15.4. The molecule has 0 aromatic carbocycles. The first-order chi connectivity index (χ1) is 13.2. The first-order valence-corrected chi connectivity index (χ1v) is 9.08. The Morgan fingerprint density at radius 1 is 1.11 bits per heavy atom. The Balaban J connectivity index is 1.32. The van der Waals surface area contributed by atoms with Gasteiger partial charge in [0.15, 0.2) is 16.8 Å². The Morgan fingerprint density at radius 3 is 2.56 bits per heavy atom. The minimum absolute atomic E-state index is 0.0190. The second-order valence-corrected chi connectivity index (χ2v) is 6.71. The van der Waals surface area contributed by atoms with E-state index in [0.717, 1.165) is 31.7 Å². The monoisotopic (exact) mass is 383 g/mol. The predicted molar refractivity (Wildman–Crippen MR) is 102 cm³/mol. The van der Waals surface area contributed by atoms with Crippen molar-refractivity contribution < 1.29 is 4.79 Å². The molecule has 0 radical (unpaired) electrons. The van der Waals surface area contributed by atoms with Crippen LogP contribution in [0.2, 0.25) is 5.15 Å². The quantitative estimate of drug-likeness (QED) is 0.744. The van der Waals surface area contributed by atoms with Crippen molar-refractivity contribution in [2.24, 2.45) is 5.92 Å². The number of carbonyl (C=O) groups excluding carboxylic acids is 1. The van der Waals surface area contributed by atoms with Gasteiger partial charge in [-0.25, -0.2) is 9.67 Å². The van der Waals surface area contributed by atoms with Gasteiger partial charge in [-0.1, -0.05) is 11.6 Å². The molecule has 4 heterocycles. The van der Waals surface area contributed by atoms with Gasteiger partial charge >= 0.3 is 0 Å². The average Bonchev–Trinajstić information content (AvgIpc) is 3.24.